The molecule has 0 aliphatic carbocycles. The molecule has 21 heavy (non-hydrogen) atoms. The summed E-state index contributed by atoms with van der Waals surface area (Å²) in [5.41, 5.74) is 5.46. The van der Waals surface area contributed by atoms with Crippen molar-refractivity contribution in [1.82, 2.24) is 4.90 Å². The summed E-state index contributed by atoms with van der Waals surface area (Å²) in [7, 11) is 0. The Balaban J connectivity index is 1.67. The predicted molar refractivity (Wildman–Crippen MR) is 84.2 cm³/mol. The maximum Gasteiger partial charge on any atom is 0.222 e. The Hall–Kier alpha value is -1.55. The average Bonchev–Trinajstić information content (AvgIpc) is 2.53. The number of hydrogen-bond donors (Lipinski definition) is 1. The summed E-state index contributed by atoms with van der Waals surface area (Å²) in [4.78, 5) is 14.1. The third kappa shape index (κ3) is 5.38. The fourth-order valence-corrected chi connectivity index (χ4v) is 2.67. The van der Waals surface area contributed by atoms with E-state index in [0.717, 1.165) is 57.5 Å². The van der Waals surface area contributed by atoms with Crippen LogP contribution in [0.2, 0.25) is 0 Å². The predicted octanol–water partition coefficient (Wildman–Crippen LogP) is 2.58. The van der Waals surface area contributed by atoms with Gasteiger partial charge in [0.2, 0.25) is 5.91 Å². The van der Waals surface area contributed by atoms with Gasteiger partial charge in [0.15, 0.2) is 0 Å². The lowest BCUT2D eigenvalue weighted by molar-refractivity contribution is -0.133. The number of nitrogens with zero attached hydrogens (tertiary/aromatic N) is 1. The summed E-state index contributed by atoms with van der Waals surface area (Å²) in [6.45, 7) is 2.34. The Morgan fingerprint density at radius 1 is 1.14 bits per heavy atom. The van der Waals surface area contributed by atoms with Gasteiger partial charge in [-0.25, -0.2) is 0 Å². The molecule has 2 rings (SSSR count). The van der Waals surface area contributed by atoms with E-state index in [1.807, 2.05) is 35.2 Å². The van der Waals surface area contributed by atoms with E-state index in [1.165, 1.54) is 0 Å². The van der Waals surface area contributed by atoms with Gasteiger partial charge in [0.25, 0.3) is 0 Å². The summed E-state index contributed by atoms with van der Waals surface area (Å²) >= 11 is 0. The topological polar surface area (TPSA) is 55.6 Å². The van der Waals surface area contributed by atoms with Gasteiger partial charge in [-0.15, -0.1) is 0 Å². The van der Waals surface area contributed by atoms with Crippen LogP contribution in [0, 0.1) is 0 Å². The van der Waals surface area contributed by atoms with E-state index in [0.29, 0.717) is 6.42 Å². The quantitative estimate of drug-likeness (QED) is 0.785. The van der Waals surface area contributed by atoms with Crippen molar-refractivity contribution >= 4 is 5.91 Å². The fourth-order valence-electron chi connectivity index (χ4n) is 2.67. The maximum atomic E-state index is 12.1. The molecular weight excluding hydrogens is 264 g/mol. The van der Waals surface area contributed by atoms with E-state index in [9.17, 15) is 4.79 Å². The third-order valence-electron chi connectivity index (χ3n) is 3.94. The summed E-state index contributed by atoms with van der Waals surface area (Å²) in [6.07, 6.45) is 5.75. The van der Waals surface area contributed by atoms with Crippen LogP contribution >= 0.6 is 0 Å². The normalized spacial score (nSPS) is 16.0. The maximum absolute atomic E-state index is 12.1. The first-order valence-corrected chi connectivity index (χ1v) is 7.99. The molecule has 0 saturated carbocycles. The van der Waals surface area contributed by atoms with Gasteiger partial charge in [-0.05, 0) is 31.5 Å². The molecule has 0 unspecified atom stereocenters. The SMILES string of the molecule is NCCCCCC(=O)N1CCC(Oc2ccccc2)CC1. The second-order valence-corrected chi connectivity index (χ2v) is 5.61. The van der Waals surface area contributed by atoms with Crippen LogP contribution in [0.4, 0.5) is 0 Å². The molecular formula is C17H26N2O2. The van der Waals surface area contributed by atoms with Crippen molar-refractivity contribution in [3.05, 3.63) is 30.3 Å². The van der Waals surface area contributed by atoms with Crippen LogP contribution in [0.3, 0.4) is 0 Å². The van der Waals surface area contributed by atoms with Gasteiger partial charge in [0.1, 0.15) is 11.9 Å². The lowest BCUT2D eigenvalue weighted by Crippen LogP contribution is -2.41. The highest BCUT2D eigenvalue weighted by molar-refractivity contribution is 5.76. The Morgan fingerprint density at radius 3 is 2.52 bits per heavy atom. The second-order valence-electron chi connectivity index (χ2n) is 5.61. The largest absolute Gasteiger partial charge is 0.490 e. The molecule has 0 aromatic heterocycles. The Bertz CT molecular complexity index is 414. The van der Waals surface area contributed by atoms with Crippen molar-refractivity contribution in [3.8, 4) is 5.75 Å². The number of unbranched alkanes of at least 4 members (excludes halogenated alkanes) is 2. The van der Waals surface area contributed by atoms with Crippen LogP contribution in [-0.2, 0) is 4.79 Å². The van der Waals surface area contributed by atoms with Crippen molar-refractivity contribution in [1.29, 1.82) is 0 Å². The van der Waals surface area contributed by atoms with E-state index in [1.54, 1.807) is 0 Å². The molecule has 2 N–H and O–H groups in total. The lowest BCUT2D eigenvalue weighted by Gasteiger charge is -2.32. The first-order chi connectivity index (χ1) is 10.3. The minimum absolute atomic E-state index is 0.230. The van der Waals surface area contributed by atoms with Crippen molar-refractivity contribution in [3.63, 3.8) is 0 Å². The number of benzene rings is 1. The molecule has 4 heteroatoms. The lowest BCUT2D eigenvalue weighted by atomic mass is 10.1. The summed E-state index contributed by atoms with van der Waals surface area (Å²) in [5, 5.41) is 0. The van der Waals surface area contributed by atoms with Crippen molar-refractivity contribution in [2.24, 2.45) is 5.73 Å². The number of carbonyl (C=O) groups excluding carboxylic acids is 1. The molecule has 0 atom stereocenters. The molecule has 1 aliphatic rings. The standard InChI is InChI=1S/C17H26N2O2/c18-12-6-2-5-9-17(20)19-13-10-16(11-14-19)21-15-7-3-1-4-8-15/h1,3-4,7-8,16H,2,5-6,9-14,18H2. The van der Waals surface area contributed by atoms with Crippen LogP contribution in [0.1, 0.15) is 38.5 Å². The number of ether oxygens (including phenoxy) is 1. The van der Waals surface area contributed by atoms with Gasteiger partial charge in [0, 0.05) is 32.4 Å². The van der Waals surface area contributed by atoms with E-state index in [4.69, 9.17) is 10.5 Å². The summed E-state index contributed by atoms with van der Waals surface area (Å²) in [5.74, 6) is 1.20. The summed E-state index contributed by atoms with van der Waals surface area (Å²) < 4.78 is 5.94. The van der Waals surface area contributed by atoms with E-state index in [-0.39, 0.29) is 12.0 Å². The van der Waals surface area contributed by atoms with Gasteiger partial charge in [0.05, 0.1) is 0 Å². The molecule has 1 heterocycles. The molecule has 0 spiro atoms. The summed E-state index contributed by atoms with van der Waals surface area (Å²) in [6, 6.07) is 9.91. The van der Waals surface area contributed by atoms with Crippen LogP contribution in [0.5, 0.6) is 5.75 Å². The molecule has 1 aliphatic heterocycles. The zero-order chi connectivity index (χ0) is 14.9. The Labute approximate surface area is 127 Å². The zero-order valence-electron chi connectivity index (χ0n) is 12.7. The average molecular weight is 290 g/mol. The Morgan fingerprint density at radius 2 is 1.86 bits per heavy atom. The number of likely N-dealkylation sites (tertiary alicyclic amines) is 1. The molecule has 1 aromatic rings. The number of hydrogen-bond acceptors (Lipinski definition) is 3. The molecule has 4 nitrogen and oxygen atoms in total. The molecule has 1 saturated heterocycles. The minimum Gasteiger partial charge on any atom is -0.490 e. The van der Waals surface area contributed by atoms with Gasteiger partial charge >= 0.3 is 0 Å². The number of amides is 1. The molecule has 116 valence electrons. The molecule has 0 radical (unpaired) electrons. The molecule has 0 bridgehead atoms. The second kappa shape index (κ2) is 8.67. The van der Waals surface area contributed by atoms with Gasteiger partial charge in [-0.1, -0.05) is 24.6 Å². The smallest absolute Gasteiger partial charge is 0.222 e. The van der Waals surface area contributed by atoms with E-state index in [2.05, 4.69) is 0 Å². The highest BCUT2D eigenvalue weighted by Gasteiger charge is 2.23. The van der Waals surface area contributed by atoms with Gasteiger partial charge in [-0.2, -0.15) is 0 Å². The number of para-hydroxylation sites is 1. The van der Waals surface area contributed by atoms with E-state index >= 15 is 0 Å². The van der Waals surface area contributed by atoms with E-state index < -0.39 is 0 Å². The first-order valence-electron chi connectivity index (χ1n) is 7.99. The van der Waals surface area contributed by atoms with Gasteiger partial charge in [-0.3, -0.25) is 4.79 Å². The van der Waals surface area contributed by atoms with Crippen LogP contribution in [0.25, 0.3) is 0 Å². The van der Waals surface area contributed by atoms with Crippen molar-refractivity contribution in [2.75, 3.05) is 19.6 Å². The number of carbonyl (C=O) groups is 1. The monoisotopic (exact) mass is 290 g/mol. The Kier molecular flexibility index (Phi) is 6.54. The van der Waals surface area contributed by atoms with Crippen LogP contribution in [-0.4, -0.2) is 36.5 Å². The highest BCUT2D eigenvalue weighted by atomic mass is 16.5. The van der Waals surface area contributed by atoms with Gasteiger partial charge < -0.3 is 15.4 Å². The molecule has 1 aromatic carbocycles. The number of nitrogens with two attached hydrogens (primary N) is 1. The highest BCUT2D eigenvalue weighted by Crippen LogP contribution is 2.19. The molecule has 1 fully saturated rings. The van der Waals surface area contributed by atoms with Crippen LogP contribution < -0.4 is 10.5 Å². The number of piperidine rings is 1. The third-order valence-corrected chi connectivity index (χ3v) is 3.94. The fraction of sp³-hybridized carbons (Fsp3) is 0.588. The molecule has 1 amide bonds. The van der Waals surface area contributed by atoms with Crippen molar-refractivity contribution < 1.29 is 9.53 Å². The first kappa shape index (κ1) is 15.8. The zero-order valence-corrected chi connectivity index (χ0v) is 12.7. The number of rotatable bonds is 7. The van der Waals surface area contributed by atoms with Crippen LogP contribution in [0.15, 0.2) is 30.3 Å². The minimum atomic E-state index is 0.230. The van der Waals surface area contributed by atoms with Crippen molar-refractivity contribution in [2.45, 2.75) is 44.6 Å².